The van der Waals surface area contributed by atoms with Crippen LogP contribution in [0.25, 0.3) is 0 Å². The molecule has 1 aliphatic heterocycles. The molecule has 0 spiro atoms. The van der Waals surface area contributed by atoms with E-state index in [1.54, 1.807) is 7.11 Å². The SMILES string of the molecule is COc1ccc(CC(C)N(C)C2CCCNC2)cc1. The van der Waals surface area contributed by atoms with Gasteiger partial charge in [0.25, 0.3) is 0 Å². The molecule has 2 atom stereocenters. The van der Waals surface area contributed by atoms with Gasteiger partial charge in [0.2, 0.25) is 0 Å². The number of ether oxygens (including phenoxy) is 1. The fourth-order valence-electron chi connectivity index (χ4n) is 2.79. The van der Waals surface area contributed by atoms with E-state index in [1.165, 1.54) is 24.9 Å². The molecule has 1 aromatic carbocycles. The van der Waals surface area contributed by atoms with Gasteiger partial charge in [-0.3, -0.25) is 4.90 Å². The smallest absolute Gasteiger partial charge is 0.118 e. The summed E-state index contributed by atoms with van der Waals surface area (Å²) in [4.78, 5) is 2.52. The van der Waals surface area contributed by atoms with Crippen LogP contribution < -0.4 is 10.1 Å². The van der Waals surface area contributed by atoms with Crippen LogP contribution in [0.15, 0.2) is 24.3 Å². The number of hydrogen-bond donors (Lipinski definition) is 1. The van der Waals surface area contributed by atoms with Crippen LogP contribution in [0.4, 0.5) is 0 Å². The predicted molar refractivity (Wildman–Crippen MR) is 79.8 cm³/mol. The Hall–Kier alpha value is -1.06. The van der Waals surface area contributed by atoms with Crippen LogP contribution in [0, 0.1) is 0 Å². The summed E-state index contributed by atoms with van der Waals surface area (Å²) in [5.41, 5.74) is 1.38. The van der Waals surface area contributed by atoms with Gasteiger partial charge in [-0.05, 0) is 57.5 Å². The fourth-order valence-corrected chi connectivity index (χ4v) is 2.79. The monoisotopic (exact) mass is 262 g/mol. The van der Waals surface area contributed by atoms with E-state index in [9.17, 15) is 0 Å². The summed E-state index contributed by atoms with van der Waals surface area (Å²) in [6, 6.07) is 9.68. The second-order valence-corrected chi connectivity index (χ2v) is 5.57. The summed E-state index contributed by atoms with van der Waals surface area (Å²) in [6.45, 7) is 4.62. The predicted octanol–water partition coefficient (Wildman–Crippen LogP) is 2.31. The van der Waals surface area contributed by atoms with E-state index in [0.29, 0.717) is 12.1 Å². The highest BCUT2D eigenvalue weighted by molar-refractivity contribution is 5.27. The molecular formula is C16H26N2O. The molecule has 106 valence electrons. The molecule has 3 heteroatoms. The van der Waals surface area contributed by atoms with E-state index in [4.69, 9.17) is 4.74 Å². The summed E-state index contributed by atoms with van der Waals surface area (Å²) in [6.07, 6.45) is 3.71. The lowest BCUT2D eigenvalue weighted by Gasteiger charge is -2.36. The molecule has 1 saturated heterocycles. The third-order valence-corrected chi connectivity index (χ3v) is 4.23. The van der Waals surface area contributed by atoms with Gasteiger partial charge in [0.15, 0.2) is 0 Å². The van der Waals surface area contributed by atoms with Gasteiger partial charge in [0, 0.05) is 18.6 Å². The number of nitrogens with zero attached hydrogens (tertiary/aromatic N) is 1. The topological polar surface area (TPSA) is 24.5 Å². The molecule has 0 amide bonds. The van der Waals surface area contributed by atoms with Crippen molar-refractivity contribution >= 4 is 0 Å². The van der Waals surface area contributed by atoms with Gasteiger partial charge < -0.3 is 10.1 Å². The van der Waals surface area contributed by atoms with Crippen LogP contribution in [0.3, 0.4) is 0 Å². The average molecular weight is 262 g/mol. The number of benzene rings is 1. The number of likely N-dealkylation sites (N-methyl/N-ethyl adjacent to an activating group) is 1. The first-order chi connectivity index (χ1) is 9.20. The molecule has 2 rings (SSSR count). The van der Waals surface area contributed by atoms with Gasteiger partial charge in [0.05, 0.1) is 7.11 Å². The summed E-state index contributed by atoms with van der Waals surface area (Å²) >= 11 is 0. The Morgan fingerprint density at radius 3 is 2.68 bits per heavy atom. The average Bonchev–Trinajstić information content (AvgIpc) is 2.48. The van der Waals surface area contributed by atoms with Gasteiger partial charge in [-0.25, -0.2) is 0 Å². The number of methoxy groups -OCH3 is 1. The van der Waals surface area contributed by atoms with Crippen LogP contribution in [-0.2, 0) is 6.42 Å². The van der Waals surface area contributed by atoms with E-state index in [0.717, 1.165) is 18.7 Å². The van der Waals surface area contributed by atoms with E-state index in [-0.39, 0.29) is 0 Å². The highest BCUT2D eigenvalue weighted by Crippen LogP contribution is 2.17. The minimum absolute atomic E-state index is 0.568. The van der Waals surface area contributed by atoms with Gasteiger partial charge in [-0.1, -0.05) is 12.1 Å². The first-order valence-corrected chi connectivity index (χ1v) is 7.26. The van der Waals surface area contributed by atoms with Crippen LogP contribution in [0.2, 0.25) is 0 Å². The van der Waals surface area contributed by atoms with Crippen molar-refractivity contribution < 1.29 is 4.74 Å². The number of piperidine rings is 1. The Labute approximate surface area is 116 Å². The molecule has 2 unspecified atom stereocenters. The maximum Gasteiger partial charge on any atom is 0.118 e. The zero-order valence-corrected chi connectivity index (χ0v) is 12.4. The standard InChI is InChI=1S/C16H26N2O/c1-13(18(2)15-5-4-10-17-12-15)11-14-6-8-16(19-3)9-7-14/h6-9,13,15,17H,4-5,10-12H2,1-3H3. The van der Waals surface area contributed by atoms with Crippen molar-refractivity contribution in [3.63, 3.8) is 0 Å². The highest BCUT2D eigenvalue weighted by Gasteiger charge is 2.21. The second-order valence-electron chi connectivity index (χ2n) is 5.57. The molecule has 1 fully saturated rings. The first kappa shape index (κ1) is 14.4. The zero-order chi connectivity index (χ0) is 13.7. The Morgan fingerprint density at radius 1 is 1.37 bits per heavy atom. The maximum absolute atomic E-state index is 5.20. The Morgan fingerprint density at radius 2 is 2.11 bits per heavy atom. The molecule has 19 heavy (non-hydrogen) atoms. The normalized spacial score (nSPS) is 21.4. The summed E-state index contributed by atoms with van der Waals surface area (Å²) in [7, 11) is 3.97. The zero-order valence-electron chi connectivity index (χ0n) is 12.4. The Kier molecular flexibility index (Phi) is 5.23. The van der Waals surface area contributed by atoms with Gasteiger partial charge in [0.1, 0.15) is 5.75 Å². The molecule has 1 aromatic rings. The first-order valence-electron chi connectivity index (χ1n) is 7.26. The van der Waals surface area contributed by atoms with Crippen molar-refractivity contribution in [1.82, 2.24) is 10.2 Å². The van der Waals surface area contributed by atoms with Crippen LogP contribution in [0.1, 0.15) is 25.3 Å². The minimum atomic E-state index is 0.568. The van der Waals surface area contributed by atoms with Crippen molar-refractivity contribution in [2.75, 3.05) is 27.2 Å². The molecule has 0 radical (unpaired) electrons. The lowest BCUT2D eigenvalue weighted by molar-refractivity contribution is 0.155. The second kappa shape index (κ2) is 6.92. The number of rotatable bonds is 5. The molecule has 1 heterocycles. The Bertz CT molecular complexity index is 371. The van der Waals surface area contributed by atoms with Crippen molar-refractivity contribution in [1.29, 1.82) is 0 Å². The van der Waals surface area contributed by atoms with Gasteiger partial charge in [-0.2, -0.15) is 0 Å². The van der Waals surface area contributed by atoms with Crippen molar-refractivity contribution in [2.24, 2.45) is 0 Å². The van der Waals surface area contributed by atoms with Crippen LogP contribution in [-0.4, -0.2) is 44.2 Å². The molecule has 1 N–H and O–H groups in total. The van der Waals surface area contributed by atoms with E-state index >= 15 is 0 Å². The highest BCUT2D eigenvalue weighted by atomic mass is 16.5. The van der Waals surface area contributed by atoms with Gasteiger partial charge in [-0.15, -0.1) is 0 Å². The summed E-state index contributed by atoms with van der Waals surface area (Å²) < 4.78 is 5.20. The fraction of sp³-hybridized carbons (Fsp3) is 0.625. The molecule has 0 bridgehead atoms. The molecule has 0 aliphatic carbocycles. The molecule has 0 saturated carbocycles. The van der Waals surface area contributed by atoms with E-state index < -0.39 is 0 Å². The lowest BCUT2D eigenvalue weighted by atomic mass is 10.0. The molecule has 1 aliphatic rings. The Balaban J connectivity index is 1.89. The van der Waals surface area contributed by atoms with E-state index in [2.05, 4.69) is 36.3 Å². The minimum Gasteiger partial charge on any atom is -0.497 e. The third-order valence-electron chi connectivity index (χ3n) is 4.23. The van der Waals surface area contributed by atoms with Crippen molar-refractivity contribution in [3.05, 3.63) is 29.8 Å². The maximum atomic E-state index is 5.20. The lowest BCUT2D eigenvalue weighted by Crippen LogP contribution is -2.48. The number of nitrogens with one attached hydrogen (secondary N) is 1. The largest absolute Gasteiger partial charge is 0.497 e. The quantitative estimate of drug-likeness (QED) is 0.881. The van der Waals surface area contributed by atoms with Crippen LogP contribution in [0.5, 0.6) is 5.75 Å². The van der Waals surface area contributed by atoms with Crippen molar-refractivity contribution in [2.45, 2.75) is 38.3 Å². The number of hydrogen-bond acceptors (Lipinski definition) is 3. The molecule has 0 aromatic heterocycles. The van der Waals surface area contributed by atoms with Gasteiger partial charge >= 0.3 is 0 Å². The third kappa shape index (κ3) is 3.95. The van der Waals surface area contributed by atoms with Crippen molar-refractivity contribution in [3.8, 4) is 5.75 Å². The molecule has 3 nitrogen and oxygen atoms in total. The van der Waals surface area contributed by atoms with Crippen LogP contribution >= 0.6 is 0 Å². The summed E-state index contributed by atoms with van der Waals surface area (Å²) in [5, 5.41) is 3.49. The molecular weight excluding hydrogens is 236 g/mol. The van der Waals surface area contributed by atoms with E-state index in [1.807, 2.05) is 12.1 Å². The summed E-state index contributed by atoms with van der Waals surface area (Å²) in [5.74, 6) is 0.932.